The number of rotatable bonds is 5. The molecule has 21 heavy (non-hydrogen) atoms. The molecule has 0 aliphatic carbocycles. The summed E-state index contributed by atoms with van der Waals surface area (Å²) in [6.45, 7) is 2.67. The number of nitrogens with zero attached hydrogens (tertiary/aromatic N) is 3. The SMILES string of the molecule is CN(C)C1CCN(Cc2cccc([N+](=O)[O-])c2NN)CC1. The molecule has 1 fully saturated rings. The van der Waals surface area contributed by atoms with Gasteiger partial charge in [-0.25, -0.2) is 0 Å². The zero-order valence-corrected chi connectivity index (χ0v) is 12.6. The van der Waals surface area contributed by atoms with Crippen molar-refractivity contribution in [2.75, 3.05) is 32.6 Å². The molecule has 1 aromatic rings. The summed E-state index contributed by atoms with van der Waals surface area (Å²) >= 11 is 0. The van der Waals surface area contributed by atoms with Gasteiger partial charge >= 0.3 is 0 Å². The number of likely N-dealkylation sites (tertiary alicyclic amines) is 1. The van der Waals surface area contributed by atoms with Crippen molar-refractivity contribution in [1.82, 2.24) is 9.80 Å². The first-order chi connectivity index (χ1) is 10.0. The molecule has 116 valence electrons. The number of nitrogen functional groups attached to an aromatic ring is 1. The Morgan fingerprint density at radius 2 is 2.10 bits per heavy atom. The van der Waals surface area contributed by atoms with Gasteiger partial charge in [-0.15, -0.1) is 0 Å². The molecule has 1 aliphatic rings. The second-order valence-corrected chi connectivity index (χ2v) is 5.68. The van der Waals surface area contributed by atoms with Crippen molar-refractivity contribution >= 4 is 11.4 Å². The van der Waals surface area contributed by atoms with Crippen LogP contribution >= 0.6 is 0 Å². The Bertz CT molecular complexity index is 498. The third kappa shape index (κ3) is 3.69. The van der Waals surface area contributed by atoms with E-state index in [1.54, 1.807) is 6.07 Å². The summed E-state index contributed by atoms with van der Waals surface area (Å²) < 4.78 is 0. The standard InChI is InChI=1S/C14H23N5O2/c1-17(2)12-6-8-18(9-7-12)10-11-4-3-5-13(19(20)21)14(11)16-15/h3-5,12,16H,6-10,15H2,1-2H3. The molecule has 1 heterocycles. The highest BCUT2D eigenvalue weighted by molar-refractivity contribution is 5.65. The molecule has 7 heteroatoms. The number of benzene rings is 1. The van der Waals surface area contributed by atoms with Crippen LogP contribution in [0.3, 0.4) is 0 Å². The number of hydrazine groups is 1. The summed E-state index contributed by atoms with van der Waals surface area (Å²) in [7, 11) is 4.22. The number of para-hydroxylation sites is 1. The van der Waals surface area contributed by atoms with Crippen LogP contribution in [-0.2, 0) is 6.54 Å². The Kier molecular flexibility index (Phi) is 5.11. The summed E-state index contributed by atoms with van der Waals surface area (Å²) in [5.41, 5.74) is 3.80. The molecule has 0 spiro atoms. The highest BCUT2D eigenvalue weighted by Crippen LogP contribution is 2.29. The molecule has 1 aromatic carbocycles. The highest BCUT2D eigenvalue weighted by Gasteiger charge is 2.23. The van der Waals surface area contributed by atoms with E-state index in [4.69, 9.17) is 5.84 Å². The van der Waals surface area contributed by atoms with E-state index in [-0.39, 0.29) is 5.69 Å². The van der Waals surface area contributed by atoms with E-state index in [0.29, 0.717) is 18.3 Å². The number of nitro groups is 1. The van der Waals surface area contributed by atoms with Crippen LogP contribution in [0, 0.1) is 10.1 Å². The normalized spacial score (nSPS) is 17.1. The molecule has 0 aromatic heterocycles. The van der Waals surface area contributed by atoms with Gasteiger partial charge in [0.2, 0.25) is 0 Å². The molecule has 3 N–H and O–H groups in total. The van der Waals surface area contributed by atoms with Gasteiger partial charge in [-0.2, -0.15) is 0 Å². The van der Waals surface area contributed by atoms with E-state index in [9.17, 15) is 10.1 Å². The number of nitrogens with two attached hydrogens (primary N) is 1. The van der Waals surface area contributed by atoms with Gasteiger partial charge in [-0.3, -0.25) is 20.9 Å². The Morgan fingerprint density at radius 3 is 2.62 bits per heavy atom. The Morgan fingerprint density at radius 1 is 1.43 bits per heavy atom. The fraction of sp³-hybridized carbons (Fsp3) is 0.571. The zero-order chi connectivity index (χ0) is 15.4. The van der Waals surface area contributed by atoms with Crippen molar-refractivity contribution in [3.63, 3.8) is 0 Å². The first-order valence-electron chi connectivity index (χ1n) is 7.14. The molecular formula is C14H23N5O2. The largest absolute Gasteiger partial charge is 0.318 e. The monoisotopic (exact) mass is 293 g/mol. The van der Waals surface area contributed by atoms with E-state index in [0.717, 1.165) is 31.5 Å². The summed E-state index contributed by atoms with van der Waals surface area (Å²) in [6.07, 6.45) is 2.24. The molecule has 1 saturated heterocycles. The van der Waals surface area contributed by atoms with Crippen molar-refractivity contribution in [1.29, 1.82) is 0 Å². The maximum absolute atomic E-state index is 11.0. The second-order valence-electron chi connectivity index (χ2n) is 5.68. The molecule has 0 radical (unpaired) electrons. The first-order valence-corrected chi connectivity index (χ1v) is 7.14. The average Bonchev–Trinajstić information content (AvgIpc) is 2.47. The van der Waals surface area contributed by atoms with Crippen molar-refractivity contribution in [3.8, 4) is 0 Å². The molecule has 2 rings (SSSR count). The van der Waals surface area contributed by atoms with Crippen molar-refractivity contribution in [2.45, 2.75) is 25.4 Å². The van der Waals surface area contributed by atoms with Gasteiger partial charge in [0.25, 0.3) is 5.69 Å². The Hall–Kier alpha value is -1.70. The number of piperidine rings is 1. The summed E-state index contributed by atoms with van der Waals surface area (Å²) in [4.78, 5) is 15.2. The maximum atomic E-state index is 11.0. The van der Waals surface area contributed by atoms with E-state index in [1.165, 1.54) is 6.07 Å². The maximum Gasteiger partial charge on any atom is 0.293 e. The van der Waals surface area contributed by atoms with Gasteiger partial charge in [-0.1, -0.05) is 12.1 Å². The lowest BCUT2D eigenvalue weighted by Gasteiger charge is -2.35. The highest BCUT2D eigenvalue weighted by atomic mass is 16.6. The molecule has 0 saturated carbocycles. The molecule has 0 atom stereocenters. The van der Waals surface area contributed by atoms with Gasteiger partial charge in [0.1, 0.15) is 5.69 Å². The summed E-state index contributed by atoms with van der Waals surface area (Å²) in [6, 6.07) is 5.69. The minimum absolute atomic E-state index is 0.0261. The fourth-order valence-corrected chi connectivity index (χ4v) is 2.87. The number of hydrogen-bond donors (Lipinski definition) is 2. The van der Waals surface area contributed by atoms with Crippen LogP contribution in [0.1, 0.15) is 18.4 Å². The molecule has 0 amide bonds. The Labute approximate surface area is 124 Å². The van der Waals surface area contributed by atoms with Gasteiger partial charge < -0.3 is 10.3 Å². The predicted molar refractivity (Wildman–Crippen MR) is 82.9 cm³/mol. The number of hydrogen-bond acceptors (Lipinski definition) is 6. The zero-order valence-electron chi connectivity index (χ0n) is 12.6. The summed E-state index contributed by atoms with van der Waals surface area (Å²) in [5, 5.41) is 11.0. The second kappa shape index (κ2) is 6.84. The lowest BCUT2D eigenvalue weighted by atomic mass is 10.0. The van der Waals surface area contributed by atoms with Gasteiger partial charge in [-0.05, 0) is 45.6 Å². The van der Waals surface area contributed by atoms with Crippen molar-refractivity contribution < 1.29 is 4.92 Å². The minimum Gasteiger partial charge on any atom is -0.318 e. The number of anilines is 1. The van der Waals surface area contributed by atoms with Crippen molar-refractivity contribution in [2.24, 2.45) is 5.84 Å². The molecule has 0 unspecified atom stereocenters. The van der Waals surface area contributed by atoms with Crippen LogP contribution in [0.2, 0.25) is 0 Å². The quantitative estimate of drug-likeness (QED) is 0.485. The number of nitrogens with one attached hydrogen (secondary N) is 1. The lowest BCUT2D eigenvalue weighted by molar-refractivity contribution is -0.384. The third-order valence-corrected chi connectivity index (χ3v) is 4.15. The average molecular weight is 293 g/mol. The van der Waals surface area contributed by atoms with Crippen LogP contribution < -0.4 is 11.3 Å². The van der Waals surface area contributed by atoms with E-state index >= 15 is 0 Å². The van der Waals surface area contributed by atoms with Crippen molar-refractivity contribution in [3.05, 3.63) is 33.9 Å². The summed E-state index contributed by atoms with van der Waals surface area (Å²) in [5.74, 6) is 5.48. The van der Waals surface area contributed by atoms with E-state index in [1.807, 2.05) is 6.07 Å². The number of nitro benzene ring substituents is 1. The lowest BCUT2D eigenvalue weighted by Crippen LogP contribution is -2.41. The van der Waals surface area contributed by atoms with Crippen LogP contribution in [-0.4, -0.2) is 47.9 Å². The first kappa shape index (κ1) is 15.7. The predicted octanol–water partition coefficient (Wildman–Crippen LogP) is 1.41. The van der Waals surface area contributed by atoms with Gasteiger partial charge in [0.05, 0.1) is 4.92 Å². The fourth-order valence-electron chi connectivity index (χ4n) is 2.87. The van der Waals surface area contributed by atoms with Crippen LogP contribution in [0.15, 0.2) is 18.2 Å². The molecule has 7 nitrogen and oxygen atoms in total. The van der Waals surface area contributed by atoms with Crippen LogP contribution in [0.25, 0.3) is 0 Å². The van der Waals surface area contributed by atoms with E-state index < -0.39 is 4.92 Å². The smallest absolute Gasteiger partial charge is 0.293 e. The van der Waals surface area contributed by atoms with E-state index in [2.05, 4.69) is 29.3 Å². The molecule has 0 bridgehead atoms. The minimum atomic E-state index is -0.406. The van der Waals surface area contributed by atoms with Crippen LogP contribution in [0.5, 0.6) is 0 Å². The van der Waals surface area contributed by atoms with Gasteiger partial charge in [0, 0.05) is 18.7 Å². The van der Waals surface area contributed by atoms with Gasteiger partial charge in [0.15, 0.2) is 0 Å². The third-order valence-electron chi connectivity index (χ3n) is 4.15. The van der Waals surface area contributed by atoms with Crippen LogP contribution in [0.4, 0.5) is 11.4 Å². The molecular weight excluding hydrogens is 270 g/mol. The Balaban J connectivity index is 2.07. The molecule has 1 aliphatic heterocycles. The topological polar surface area (TPSA) is 87.7 Å².